The number of amides is 1. The SMILES string of the molecule is CC1(CNC(=O)c2csc(C#CCCO)c2)CCCC1. The summed E-state index contributed by atoms with van der Waals surface area (Å²) in [6.07, 6.45) is 5.42. The van der Waals surface area contributed by atoms with Gasteiger partial charge in [-0.15, -0.1) is 11.3 Å². The highest BCUT2D eigenvalue weighted by Gasteiger charge is 2.28. The smallest absolute Gasteiger partial charge is 0.252 e. The first kappa shape index (κ1) is 15.1. The van der Waals surface area contributed by atoms with E-state index in [4.69, 9.17) is 5.11 Å². The number of aliphatic hydroxyl groups excluding tert-OH is 1. The molecule has 0 aromatic carbocycles. The molecule has 0 spiro atoms. The topological polar surface area (TPSA) is 49.3 Å². The molecule has 0 unspecified atom stereocenters. The number of carbonyl (C=O) groups excluding carboxylic acids is 1. The van der Waals surface area contributed by atoms with E-state index >= 15 is 0 Å². The molecule has 20 heavy (non-hydrogen) atoms. The molecule has 2 N–H and O–H groups in total. The normalized spacial score (nSPS) is 16.5. The van der Waals surface area contributed by atoms with Crippen molar-refractivity contribution in [3.8, 4) is 11.8 Å². The molecule has 1 aromatic heterocycles. The molecule has 108 valence electrons. The molecule has 1 saturated carbocycles. The van der Waals surface area contributed by atoms with Crippen molar-refractivity contribution < 1.29 is 9.90 Å². The Kier molecular flexibility index (Phi) is 5.22. The molecular formula is C16H21NO2S. The summed E-state index contributed by atoms with van der Waals surface area (Å²) >= 11 is 1.47. The molecule has 0 atom stereocenters. The van der Waals surface area contributed by atoms with Gasteiger partial charge in [0.25, 0.3) is 5.91 Å². The van der Waals surface area contributed by atoms with Gasteiger partial charge in [-0.2, -0.15) is 0 Å². The zero-order valence-electron chi connectivity index (χ0n) is 11.9. The summed E-state index contributed by atoms with van der Waals surface area (Å²) in [4.78, 5) is 13.0. The minimum atomic E-state index is -0.00965. The van der Waals surface area contributed by atoms with Crippen LogP contribution in [0.25, 0.3) is 0 Å². The average Bonchev–Trinajstić information content (AvgIpc) is 3.06. The third-order valence-corrected chi connectivity index (χ3v) is 4.64. The van der Waals surface area contributed by atoms with E-state index in [1.165, 1.54) is 37.0 Å². The van der Waals surface area contributed by atoms with Crippen molar-refractivity contribution in [1.82, 2.24) is 5.32 Å². The van der Waals surface area contributed by atoms with Crippen molar-refractivity contribution in [1.29, 1.82) is 0 Å². The molecule has 1 heterocycles. The van der Waals surface area contributed by atoms with E-state index in [-0.39, 0.29) is 17.9 Å². The lowest BCUT2D eigenvalue weighted by molar-refractivity contribution is 0.0934. The van der Waals surface area contributed by atoms with Gasteiger partial charge in [-0.25, -0.2) is 0 Å². The molecular weight excluding hydrogens is 270 g/mol. The lowest BCUT2D eigenvalue weighted by Crippen LogP contribution is -2.33. The van der Waals surface area contributed by atoms with Gasteiger partial charge in [0.15, 0.2) is 0 Å². The van der Waals surface area contributed by atoms with E-state index in [0.29, 0.717) is 12.0 Å². The van der Waals surface area contributed by atoms with Gasteiger partial charge in [0.1, 0.15) is 0 Å². The third kappa shape index (κ3) is 4.09. The number of hydrogen-bond donors (Lipinski definition) is 2. The van der Waals surface area contributed by atoms with Crippen LogP contribution in [0.4, 0.5) is 0 Å². The zero-order valence-corrected chi connectivity index (χ0v) is 12.7. The predicted octanol–water partition coefficient (Wildman–Crippen LogP) is 2.79. The Balaban J connectivity index is 1.88. The van der Waals surface area contributed by atoms with Crippen LogP contribution in [-0.2, 0) is 0 Å². The van der Waals surface area contributed by atoms with Crippen molar-refractivity contribution >= 4 is 17.2 Å². The van der Waals surface area contributed by atoms with Crippen LogP contribution in [-0.4, -0.2) is 24.2 Å². The van der Waals surface area contributed by atoms with Gasteiger partial charge in [0, 0.05) is 18.3 Å². The van der Waals surface area contributed by atoms with Crippen molar-refractivity contribution in [3.05, 3.63) is 21.9 Å². The van der Waals surface area contributed by atoms with Crippen molar-refractivity contribution in [2.24, 2.45) is 5.41 Å². The predicted molar refractivity (Wildman–Crippen MR) is 81.8 cm³/mol. The highest BCUT2D eigenvalue weighted by molar-refractivity contribution is 7.10. The third-order valence-electron chi connectivity index (χ3n) is 3.80. The highest BCUT2D eigenvalue weighted by atomic mass is 32.1. The fourth-order valence-corrected chi connectivity index (χ4v) is 3.28. The number of hydrogen-bond acceptors (Lipinski definition) is 3. The number of thiophene rings is 1. The van der Waals surface area contributed by atoms with Gasteiger partial charge in [-0.3, -0.25) is 4.79 Å². The largest absolute Gasteiger partial charge is 0.395 e. The number of rotatable bonds is 4. The molecule has 1 aliphatic carbocycles. The summed E-state index contributed by atoms with van der Waals surface area (Å²) in [5.74, 6) is 5.81. The fraction of sp³-hybridized carbons (Fsp3) is 0.562. The molecule has 1 aromatic rings. The number of carbonyl (C=O) groups is 1. The van der Waals surface area contributed by atoms with E-state index < -0.39 is 0 Å². The Morgan fingerprint density at radius 2 is 2.25 bits per heavy atom. The second-order valence-corrected chi connectivity index (χ2v) is 6.59. The van der Waals surface area contributed by atoms with E-state index in [0.717, 1.165) is 11.4 Å². The van der Waals surface area contributed by atoms with E-state index in [2.05, 4.69) is 24.1 Å². The van der Waals surface area contributed by atoms with E-state index in [1.807, 2.05) is 11.4 Å². The molecule has 0 saturated heterocycles. The second-order valence-electron chi connectivity index (χ2n) is 5.68. The number of nitrogens with one attached hydrogen (secondary N) is 1. The van der Waals surface area contributed by atoms with E-state index in [9.17, 15) is 4.79 Å². The Hall–Kier alpha value is -1.31. The Bertz CT molecular complexity index is 518. The van der Waals surface area contributed by atoms with Crippen LogP contribution in [0.5, 0.6) is 0 Å². The molecule has 3 nitrogen and oxygen atoms in total. The first-order valence-corrected chi connectivity index (χ1v) is 7.97. The quantitative estimate of drug-likeness (QED) is 0.838. The summed E-state index contributed by atoms with van der Waals surface area (Å²) in [5.41, 5.74) is 0.958. The molecule has 0 radical (unpaired) electrons. The molecule has 0 aliphatic heterocycles. The standard InChI is InChI=1S/C16H21NO2S/c1-16(7-3-4-8-16)12-17-15(19)13-10-14(20-11-13)6-2-5-9-18/h10-11,18H,3-5,7-9,12H2,1H3,(H,17,19). The summed E-state index contributed by atoms with van der Waals surface area (Å²) < 4.78 is 0. The zero-order chi connectivity index (χ0) is 14.4. The van der Waals surface area contributed by atoms with Crippen LogP contribution < -0.4 is 5.32 Å². The molecule has 1 fully saturated rings. The fourth-order valence-electron chi connectivity index (χ4n) is 2.53. The Morgan fingerprint density at radius 1 is 1.50 bits per heavy atom. The lowest BCUT2D eigenvalue weighted by Gasteiger charge is -2.23. The Labute approximate surface area is 124 Å². The van der Waals surface area contributed by atoms with Crippen molar-refractivity contribution in [3.63, 3.8) is 0 Å². The van der Waals surface area contributed by atoms with Gasteiger partial charge in [-0.1, -0.05) is 31.6 Å². The maximum atomic E-state index is 12.1. The first-order valence-electron chi connectivity index (χ1n) is 7.09. The maximum absolute atomic E-state index is 12.1. The van der Waals surface area contributed by atoms with Gasteiger partial charge in [-0.05, 0) is 24.3 Å². The molecule has 0 bridgehead atoms. The minimum Gasteiger partial charge on any atom is -0.395 e. The monoisotopic (exact) mass is 291 g/mol. The summed E-state index contributed by atoms with van der Waals surface area (Å²) in [7, 11) is 0. The van der Waals surface area contributed by atoms with Crippen LogP contribution >= 0.6 is 11.3 Å². The van der Waals surface area contributed by atoms with Crippen LogP contribution in [0.1, 0.15) is 54.3 Å². The van der Waals surface area contributed by atoms with Crippen LogP contribution in [0.15, 0.2) is 11.4 Å². The van der Waals surface area contributed by atoms with Crippen molar-refractivity contribution in [2.45, 2.75) is 39.0 Å². The lowest BCUT2D eigenvalue weighted by atomic mass is 9.89. The van der Waals surface area contributed by atoms with Crippen LogP contribution in [0.3, 0.4) is 0 Å². The Morgan fingerprint density at radius 3 is 2.95 bits per heavy atom. The number of aliphatic hydroxyl groups is 1. The van der Waals surface area contributed by atoms with Crippen LogP contribution in [0, 0.1) is 17.3 Å². The molecule has 4 heteroatoms. The van der Waals surface area contributed by atoms with Crippen LogP contribution in [0.2, 0.25) is 0 Å². The van der Waals surface area contributed by atoms with Gasteiger partial charge in [0.2, 0.25) is 0 Å². The highest BCUT2D eigenvalue weighted by Crippen LogP contribution is 2.36. The average molecular weight is 291 g/mol. The van der Waals surface area contributed by atoms with Gasteiger partial charge in [0.05, 0.1) is 17.0 Å². The molecule has 1 aliphatic rings. The van der Waals surface area contributed by atoms with Crippen molar-refractivity contribution in [2.75, 3.05) is 13.2 Å². The maximum Gasteiger partial charge on any atom is 0.252 e. The summed E-state index contributed by atoms with van der Waals surface area (Å²) in [5, 5.41) is 13.6. The second kappa shape index (κ2) is 6.92. The summed E-state index contributed by atoms with van der Waals surface area (Å²) in [6.45, 7) is 3.08. The summed E-state index contributed by atoms with van der Waals surface area (Å²) in [6, 6.07) is 1.82. The minimum absolute atomic E-state index is 0.00965. The van der Waals surface area contributed by atoms with E-state index in [1.54, 1.807) is 0 Å². The van der Waals surface area contributed by atoms with Gasteiger partial charge < -0.3 is 10.4 Å². The molecule has 1 amide bonds. The first-order chi connectivity index (χ1) is 9.63. The van der Waals surface area contributed by atoms with Gasteiger partial charge >= 0.3 is 0 Å². The molecule has 2 rings (SSSR count).